The van der Waals surface area contributed by atoms with Gasteiger partial charge in [-0.25, -0.2) is 0 Å². The van der Waals surface area contributed by atoms with Gasteiger partial charge in [0.15, 0.2) is 11.5 Å². The van der Waals surface area contributed by atoms with E-state index in [2.05, 4.69) is 48.3 Å². The highest BCUT2D eigenvalue weighted by Crippen LogP contribution is 2.36. The Hall–Kier alpha value is -3.06. The van der Waals surface area contributed by atoms with Gasteiger partial charge in [-0.05, 0) is 36.3 Å². The van der Waals surface area contributed by atoms with Crippen LogP contribution in [0.25, 0.3) is 0 Å². The molecule has 1 fully saturated rings. The lowest BCUT2D eigenvalue weighted by Crippen LogP contribution is -2.32. The number of rotatable bonds is 8. The van der Waals surface area contributed by atoms with Crippen LogP contribution >= 0.6 is 0 Å². The average Bonchev–Trinajstić information content (AvgIpc) is 3.23. The molecule has 2 aromatic rings. The maximum atomic E-state index is 12.7. The number of carbonyl (C=O) groups excluding carboxylic acids is 2. The van der Waals surface area contributed by atoms with Crippen LogP contribution in [0.1, 0.15) is 31.4 Å². The Morgan fingerprint density at radius 3 is 2.44 bits per heavy atom. The second kappa shape index (κ2) is 10.0. The largest absolute Gasteiger partial charge is 0.486 e. The third-order valence-corrected chi connectivity index (χ3v) is 6.12. The van der Waals surface area contributed by atoms with Crippen LogP contribution < -0.4 is 19.7 Å². The summed E-state index contributed by atoms with van der Waals surface area (Å²) in [4.78, 5) is 29.3. The topological polar surface area (TPSA) is 71.1 Å². The van der Waals surface area contributed by atoms with Crippen molar-refractivity contribution in [1.29, 1.82) is 0 Å². The molecular formula is C25H31N3O4. The molecule has 7 heteroatoms. The molecule has 170 valence electrons. The number of anilines is 1. The van der Waals surface area contributed by atoms with E-state index < -0.39 is 0 Å². The molecule has 0 spiro atoms. The fraction of sp³-hybridized carbons (Fsp3) is 0.440. The third kappa shape index (κ3) is 5.05. The molecule has 7 nitrogen and oxygen atoms in total. The molecule has 1 saturated heterocycles. The number of amides is 2. The van der Waals surface area contributed by atoms with E-state index in [4.69, 9.17) is 9.47 Å². The highest BCUT2D eigenvalue weighted by molar-refractivity contribution is 6.00. The normalized spacial score (nSPS) is 17.7. The average molecular weight is 438 g/mol. The summed E-state index contributed by atoms with van der Waals surface area (Å²) in [6.07, 6.45) is 0.211. The second-order valence-corrected chi connectivity index (χ2v) is 8.23. The summed E-state index contributed by atoms with van der Waals surface area (Å²) in [6.45, 7) is 9.15. The van der Waals surface area contributed by atoms with Crippen molar-refractivity contribution in [2.75, 3.05) is 37.7 Å². The minimum Gasteiger partial charge on any atom is -0.486 e. The molecule has 1 atom stereocenters. The van der Waals surface area contributed by atoms with Gasteiger partial charge < -0.3 is 19.7 Å². The number of ether oxygens (including phenoxy) is 2. The molecule has 2 aliphatic rings. The number of nitrogens with zero attached hydrogens (tertiary/aromatic N) is 2. The second-order valence-electron chi connectivity index (χ2n) is 8.23. The predicted octanol–water partition coefficient (Wildman–Crippen LogP) is 2.97. The van der Waals surface area contributed by atoms with Crippen LogP contribution in [0.2, 0.25) is 0 Å². The lowest BCUT2D eigenvalue weighted by molar-refractivity contribution is -0.126. The highest BCUT2D eigenvalue weighted by Gasteiger charge is 2.35. The van der Waals surface area contributed by atoms with Crippen LogP contribution in [-0.4, -0.2) is 49.6 Å². The number of nitrogens with one attached hydrogen (secondary N) is 1. The van der Waals surface area contributed by atoms with Crippen molar-refractivity contribution >= 4 is 17.5 Å². The fourth-order valence-electron chi connectivity index (χ4n) is 4.13. The maximum absolute atomic E-state index is 12.7. The van der Waals surface area contributed by atoms with E-state index in [1.54, 1.807) is 4.90 Å². The predicted molar refractivity (Wildman–Crippen MR) is 123 cm³/mol. The first kappa shape index (κ1) is 22.1. The van der Waals surface area contributed by atoms with E-state index in [9.17, 15) is 9.59 Å². The first-order valence-electron chi connectivity index (χ1n) is 11.3. The molecule has 0 radical (unpaired) electrons. The Balaban J connectivity index is 1.31. The number of hydrogen-bond donors (Lipinski definition) is 1. The fourth-order valence-corrected chi connectivity index (χ4v) is 4.13. The lowest BCUT2D eigenvalue weighted by Gasteiger charge is -2.22. The SMILES string of the molecule is CCN(CC)Cc1ccc(CNC(=O)[C@@H]2CC(=O)N(c3ccc4c(c3)OCCO4)C2)cc1. The van der Waals surface area contributed by atoms with Gasteiger partial charge in [0.1, 0.15) is 13.2 Å². The summed E-state index contributed by atoms with van der Waals surface area (Å²) >= 11 is 0. The Labute approximate surface area is 189 Å². The Bertz CT molecular complexity index is 956. The van der Waals surface area contributed by atoms with Crippen molar-refractivity contribution < 1.29 is 19.1 Å². The molecule has 0 aromatic heterocycles. The van der Waals surface area contributed by atoms with Crippen molar-refractivity contribution in [3.63, 3.8) is 0 Å². The van der Waals surface area contributed by atoms with Gasteiger partial charge in [-0.15, -0.1) is 0 Å². The molecule has 0 aliphatic carbocycles. The summed E-state index contributed by atoms with van der Waals surface area (Å²) in [5.74, 6) is 0.814. The van der Waals surface area contributed by atoms with Crippen LogP contribution in [0, 0.1) is 5.92 Å². The molecule has 0 saturated carbocycles. The van der Waals surface area contributed by atoms with E-state index in [1.165, 1.54) is 5.56 Å². The quantitative estimate of drug-likeness (QED) is 0.688. The zero-order valence-corrected chi connectivity index (χ0v) is 18.8. The van der Waals surface area contributed by atoms with Crippen LogP contribution in [0.15, 0.2) is 42.5 Å². The van der Waals surface area contributed by atoms with Crippen molar-refractivity contribution in [2.24, 2.45) is 5.92 Å². The van der Waals surface area contributed by atoms with Gasteiger partial charge in [-0.3, -0.25) is 14.5 Å². The van der Waals surface area contributed by atoms with Crippen LogP contribution in [0.4, 0.5) is 5.69 Å². The molecule has 2 heterocycles. The lowest BCUT2D eigenvalue weighted by atomic mass is 10.1. The minimum absolute atomic E-state index is 0.0532. The zero-order valence-electron chi connectivity index (χ0n) is 18.8. The van der Waals surface area contributed by atoms with Gasteiger partial charge in [-0.2, -0.15) is 0 Å². The van der Waals surface area contributed by atoms with E-state index >= 15 is 0 Å². The van der Waals surface area contributed by atoms with Crippen LogP contribution in [-0.2, 0) is 22.7 Å². The number of carbonyl (C=O) groups is 2. The van der Waals surface area contributed by atoms with Crippen molar-refractivity contribution in [3.8, 4) is 11.5 Å². The molecular weight excluding hydrogens is 406 g/mol. The monoisotopic (exact) mass is 437 g/mol. The zero-order chi connectivity index (χ0) is 22.5. The van der Waals surface area contributed by atoms with Crippen LogP contribution in [0.3, 0.4) is 0 Å². The highest BCUT2D eigenvalue weighted by atomic mass is 16.6. The summed E-state index contributed by atoms with van der Waals surface area (Å²) in [5.41, 5.74) is 3.05. The van der Waals surface area contributed by atoms with Crippen molar-refractivity contribution in [2.45, 2.75) is 33.4 Å². The molecule has 4 rings (SSSR count). The molecule has 0 bridgehead atoms. The van der Waals surface area contributed by atoms with Crippen molar-refractivity contribution in [3.05, 3.63) is 53.6 Å². The molecule has 0 unspecified atom stereocenters. The molecule has 32 heavy (non-hydrogen) atoms. The first-order valence-corrected chi connectivity index (χ1v) is 11.3. The smallest absolute Gasteiger partial charge is 0.227 e. The van der Waals surface area contributed by atoms with Gasteiger partial charge in [0.05, 0.1) is 5.92 Å². The molecule has 2 aromatic carbocycles. The van der Waals surface area contributed by atoms with E-state index in [0.717, 1.165) is 30.9 Å². The first-order chi connectivity index (χ1) is 15.6. The third-order valence-electron chi connectivity index (χ3n) is 6.12. The Kier molecular flexibility index (Phi) is 6.95. The minimum atomic E-state index is -0.363. The van der Waals surface area contributed by atoms with Gasteiger partial charge in [0, 0.05) is 37.8 Å². The summed E-state index contributed by atoms with van der Waals surface area (Å²) < 4.78 is 11.2. The Morgan fingerprint density at radius 1 is 1.03 bits per heavy atom. The number of hydrogen-bond acceptors (Lipinski definition) is 5. The summed E-state index contributed by atoms with van der Waals surface area (Å²) in [6, 6.07) is 13.8. The van der Waals surface area contributed by atoms with E-state index in [-0.39, 0.29) is 24.2 Å². The number of fused-ring (bicyclic) bond motifs is 1. The molecule has 2 aliphatic heterocycles. The number of benzene rings is 2. The summed E-state index contributed by atoms with van der Waals surface area (Å²) in [7, 11) is 0. The maximum Gasteiger partial charge on any atom is 0.227 e. The Morgan fingerprint density at radius 2 is 1.72 bits per heavy atom. The van der Waals surface area contributed by atoms with Gasteiger partial charge in [-0.1, -0.05) is 38.1 Å². The van der Waals surface area contributed by atoms with Gasteiger partial charge in [0.25, 0.3) is 0 Å². The molecule has 2 amide bonds. The van der Waals surface area contributed by atoms with Crippen molar-refractivity contribution in [1.82, 2.24) is 10.2 Å². The van der Waals surface area contributed by atoms with E-state index in [0.29, 0.717) is 37.8 Å². The van der Waals surface area contributed by atoms with Crippen LogP contribution in [0.5, 0.6) is 11.5 Å². The standard InChI is InChI=1S/C25H31N3O4/c1-3-27(4-2)16-19-7-5-18(6-8-19)15-26-25(30)20-13-24(29)28(17-20)21-9-10-22-23(14-21)32-12-11-31-22/h5-10,14,20H,3-4,11-13,15-17H2,1-2H3,(H,26,30)/t20-/m1/s1. The van der Waals surface area contributed by atoms with E-state index in [1.807, 2.05) is 18.2 Å². The van der Waals surface area contributed by atoms with Gasteiger partial charge in [0.2, 0.25) is 11.8 Å². The summed E-state index contributed by atoms with van der Waals surface area (Å²) in [5, 5.41) is 2.99. The molecule has 1 N–H and O–H groups in total. The van der Waals surface area contributed by atoms with Gasteiger partial charge >= 0.3 is 0 Å².